The van der Waals surface area contributed by atoms with E-state index in [1.807, 2.05) is 0 Å². The normalized spacial score (nSPS) is 14.9. The quantitative estimate of drug-likeness (QED) is 0.531. The topological polar surface area (TPSA) is 52.6 Å². The summed E-state index contributed by atoms with van der Waals surface area (Å²) in [6.45, 7) is 2.67. The van der Waals surface area contributed by atoms with Gasteiger partial charge in [0.15, 0.2) is 0 Å². The summed E-state index contributed by atoms with van der Waals surface area (Å²) in [5.41, 5.74) is 0.121. The maximum atomic E-state index is 11.0. The van der Waals surface area contributed by atoms with Gasteiger partial charge in [-0.05, 0) is 13.8 Å². The van der Waals surface area contributed by atoms with Gasteiger partial charge in [0.05, 0.1) is 6.61 Å². The molecule has 0 amide bonds. The third kappa shape index (κ3) is 4.54. The molecule has 6 heteroatoms. The molecule has 0 spiro atoms. The van der Waals surface area contributed by atoms with Crippen LogP contribution in [0, 0.1) is 0 Å². The Labute approximate surface area is 75.8 Å². The Hall–Kier alpha value is -0.310. The van der Waals surface area contributed by atoms with Gasteiger partial charge in [-0.1, -0.05) is 6.58 Å². The lowest BCUT2D eigenvalue weighted by Gasteiger charge is -2.09. The third-order valence-corrected chi connectivity index (χ3v) is 2.27. The molecule has 1 atom stereocenters. The highest BCUT2D eigenvalue weighted by atomic mass is 35.7. The zero-order valence-corrected chi connectivity index (χ0v) is 8.52. The molecule has 0 aliphatic rings. The molecule has 0 aromatic rings. The van der Waals surface area contributed by atoms with Crippen LogP contribution in [0.25, 0.3) is 0 Å². The molecule has 4 nitrogen and oxygen atoms in total. The smallest absolute Gasteiger partial charge is 0.377 e. The molecule has 0 heterocycles. The van der Waals surface area contributed by atoms with Crippen LogP contribution in [-0.4, -0.2) is 12.6 Å². The van der Waals surface area contributed by atoms with Gasteiger partial charge in [-0.15, -0.1) is 0 Å². The van der Waals surface area contributed by atoms with Gasteiger partial charge in [0.2, 0.25) is 0 Å². The van der Waals surface area contributed by atoms with Crippen LogP contribution in [0.5, 0.6) is 0 Å². The van der Waals surface area contributed by atoms with E-state index in [1.165, 1.54) is 6.92 Å². The minimum absolute atomic E-state index is 0.115. The van der Waals surface area contributed by atoms with Crippen molar-refractivity contribution in [2.75, 3.05) is 6.61 Å². The van der Waals surface area contributed by atoms with Crippen molar-refractivity contribution < 1.29 is 18.4 Å². The van der Waals surface area contributed by atoms with Gasteiger partial charge in [0.25, 0.3) is 0 Å². The Balaban J connectivity index is 4.15. The number of halogens is 1. The Morgan fingerprint density at radius 1 is 1.67 bits per heavy atom. The van der Waals surface area contributed by atoms with Crippen molar-refractivity contribution in [3.8, 4) is 0 Å². The van der Waals surface area contributed by atoms with E-state index >= 15 is 0 Å². The third-order valence-electron chi connectivity index (χ3n) is 0.824. The molecular weight excluding hydrogens is 202 g/mol. The molecule has 0 bridgehead atoms. The van der Waals surface area contributed by atoms with Gasteiger partial charge in [-0.3, -0.25) is 4.52 Å². The summed E-state index contributed by atoms with van der Waals surface area (Å²) in [5, 5.41) is 0. The summed E-state index contributed by atoms with van der Waals surface area (Å²) in [4.78, 5) is 10.8. The Morgan fingerprint density at radius 2 is 2.17 bits per heavy atom. The fraction of sp³-hybridized carbons (Fsp3) is 0.500. The summed E-state index contributed by atoms with van der Waals surface area (Å²) in [7, 11) is 0. The van der Waals surface area contributed by atoms with Gasteiger partial charge in [0.1, 0.15) is 0 Å². The van der Waals surface area contributed by atoms with Crippen LogP contribution >= 0.6 is 18.2 Å². The van der Waals surface area contributed by atoms with E-state index in [0.29, 0.717) is 0 Å². The lowest BCUT2D eigenvalue weighted by molar-refractivity contribution is -0.130. The van der Waals surface area contributed by atoms with E-state index in [4.69, 9.17) is 11.2 Å². The van der Waals surface area contributed by atoms with Crippen LogP contribution < -0.4 is 0 Å². The first-order valence-corrected chi connectivity index (χ1v) is 5.67. The summed E-state index contributed by atoms with van der Waals surface area (Å²) in [5.74, 6) is -0.818. The van der Waals surface area contributed by atoms with Crippen molar-refractivity contribution >= 4 is 24.2 Å². The van der Waals surface area contributed by atoms with Crippen molar-refractivity contribution in [1.82, 2.24) is 0 Å². The van der Waals surface area contributed by atoms with Crippen molar-refractivity contribution in [2.45, 2.75) is 13.8 Å². The SMILES string of the molecule is C=C(C)C(=O)OP(=O)(Cl)OCC. The van der Waals surface area contributed by atoms with E-state index < -0.39 is 12.9 Å². The predicted octanol–water partition coefficient (Wildman–Crippen LogP) is 2.49. The van der Waals surface area contributed by atoms with E-state index in [2.05, 4.69) is 15.6 Å². The summed E-state index contributed by atoms with van der Waals surface area (Å²) >= 11 is 5.22. The molecule has 0 rings (SSSR count). The fourth-order valence-electron chi connectivity index (χ4n) is 0.358. The molecule has 0 aliphatic heterocycles. The van der Waals surface area contributed by atoms with Crippen molar-refractivity contribution in [1.29, 1.82) is 0 Å². The van der Waals surface area contributed by atoms with Gasteiger partial charge in [-0.2, -0.15) is 0 Å². The monoisotopic (exact) mass is 212 g/mol. The molecule has 0 radical (unpaired) electrons. The maximum absolute atomic E-state index is 11.0. The lowest BCUT2D eigenvalue weighted by Crippen LogP contribution is -2.02. The number of carbonyl (C=O) groups excluding carboxylic acids is 1. The first-order valence-electron chi connectivity index (χ1n) is 3.22. The fourth-order valence-corrected chi connectivity index (χ4v) is 1.55. The highest BCUT2D eigenvalue weighted by Crippen LogP contribution is 2.53. The average Bonchev–Trinajstić information content (AvgIpc) is 1.85. The number of hydrogen-bond donors (Lipinski definition) is 0. The number of hydrogen-bond acceptors (Lipinski definition) is 4. The Kier molecular flexibility index (Phi) is 4.53. The minimum atomic E-state index is -3.74. The molecular formula is C6H10ClO4P. The molecule has 0 fully saturated rings. The zero-order chi connectivity index (χ0) is 9.78. The maximum Gasteiger partial charge on any atom is 0.479 e. The molecule has 0 aromatic heterocycles. The van der Waals surface area contributed by atoms with E-state index in [9.17, 15) is 9.36 Å². The summed E-state index contributed by atoms with van der Waals surface area (Å²) in [6.07, 6.45) is 0. The first kappa shape index (κ1) is 11.7. The molecule has 0 aromatic carbocycles. The van der Waals surface area contributed by atoms with Crippen molar-refractivity contribution in [3.05, 3.63) is 12.2 Å². The molecule has 0 saturated carbocycles. The standard InChI is InChI=1S/C6H10ClO4P/c1-4-10-12(7,9)11-6(8)5(2)3/h2,4H2,1,3H3. The molecule has 1 unspecified atom stereocenters. The van der Waals surface area contributed by atoms with Crippen LogP contribution in [0.2, 0.25) is 0 Å². The molecule has 0 N–H and O–H groups in total. The predicted molar refractivity (Wildman–Crippen MR) is 46.0 cm³/mol. The number of carbonyl (C=O) groups is 1. The molecule has 12 heavy (non-hydrogen) atoms. The second-order valence-electron chi connectivity index (χ2n) is 2.01. The zero-order valence-electron chi connectivity index (χ0n) is 6.87. The van der Waals surface area contributed by atoms with Crippen LogP contribution in [0.15, 0.2) is 12.2 Å². The lowest BCUT2D eigenvalue weighted by atomic mass is 10.4. The average molecular weight is 213 g/mol. The van der Waals surface area contributed by atoms with Gasteiger partial charge < -0.3 is 4.52 Å². The second-order valence-corrected chi connectivity index (χ2v) is 4.55. The van der Waals surface area contributed by atoms with E-state index in [-0.39, 0.29) is 12.2 Å². The van der Waals surface area contributed by atoms with Gasteiger partial charge in [-0.25, -0.2) is 9.36 Å². The van der Waals surface area contributed by atoms with Crippen molar-refractivity contribution in [2.24, 2.45) is 0 Å². The minimum Gasteiger partial charge on any atom is -0.377 e. The molecule has 0 saturated heterocycles. The van der Waals surface area contributed by atoms with Crippen LogP contribution in [0.1, 0.15) is 13.8 Å². The Morgan fingerprint density at radius 3 is 2.50 bits per heavy atom. The van der Waals surface area contributed by atoms with Crippen molar-refractivity contribution in [3.63, 3.8) is 0 Å². The first-order chi connectivity index (χ1) is 5.39. The van der Waals surface area contributed by atoms with Crippen LogP contribution in [-0.2, 0) is 18.4 Å². The summed E-state index contributed by atoms with van der Waals surface area (Å²) in [6, 6.07) is 0. The second kappa shape index (κ2) is 4.65. The van der Waals surface area contributed by atoms with E-state index in [0.717, 1.165) is 0 Å². The largest absolute Gasteiger partial charge is 0.479 e. The van der Waals surface area contributed by atoms with Crippen LogP contribution in [0.4, 0.5) is 0 Å². The molecule has 70 valence electrons. The van der Waals surface area contributed by atoms with Gasteiger partial charge in [0, 0.05) is 16.8 Å². The Bertz CT molecular complexity index is 238. The highest BCUT2D eigenvalue weighted by Gasteiger charge is 2.25. The number of rotatable bonds is 4. The van der Waals surface area contributed by atoms with E-state index in [1.54, 1.807) is 6.92 Å². The van der Waals surface area contributed by atoms with Gasteiger partial charge >= 0.3 is 12.9 Å². The van der Waals surface area contributed by atoms with Crippen LogP contribution in [0.3, 0.4) is 0 Å². The molecule has 0 aliphatic carbocycles. The highest BCUT2D eigenvalue weighted by molar-refractivity contribution is 7.81. The summed E-state index contributed by atoms with van der Waals surface area (Å²) < 4.78 is 19.8.